The number of fused-ring (bicyclic) bond motifs is 13. The fourth-order valence-corrected chi connectivity index (χ4v) is 23.5. The number of hydrogen-bond acceptors (Lipinski definition) is 3. The van der Waals surface area contributed by atoms with E-state index in [9.17, 15) is 0 Å². The van der Waals surface area contributed by atoms with Gasteiger partial charge < -0.3 is 15.0 Å². The van der Waals surface area contributed by atoms with Gasteiger partial charge in [0.05, 0.1) is 70.0 Å². The van der Waals surface area contributed by atoms with Crippen LogP contribution in [0.4, 0.5) is 87.8 Å². The number of hydrogen-bond donors (Lipinski definition) is 3. The highest BCUT2D eigenvalue weighted by Gasteiger charge is 2.62. The van der Waals surface area contributed by atoms with Crippen LogP contribution in [-0.4, -0.2) is 40.2 Å². The summed E-state index contributed by atoms with van der Waals surface area (Å²) in [6.45, 7) is 11.3. The van der Waals surface area contributed by atoms with E-state index in [-0.39, 0.29) is 44.7 Å². The van der Waals surface area contributed by atoms with E-state index in [2.05, 4.69) is 19.9 Å². The monoisotopic (exact) mass is 1430 g/mol. The van der Waals surface area contributed by atoms with Crippen LogP contribution in [0.15, 0.2) is 147 Å². The minimum atomic E-state index is -4.03. The average Bonchev–Trinajstić information content (AvgIpc) is 1.49. The molecule has 3 N–H and O–H groups in total. The van der Waals surface area contributed by atoms with Gasteiger partial charge in [-0.1, -0.05) is 77.9 Å². The van der Waals surface area contributed by atoms with Gasteiger partial charge >= 0.3 is 0 Å². The third-order valence-electron chi connectivity index (χ3n) is 20.0. The fraction of sp³-hybridized carbons (Fsp3) is 0.133. The lowest BCUT2D eigenvalue weighted by molar-refractivity contribution is 0.376. The fourth-order valence-electron chi connectivity index (χ4n) is 16.1. The zero-order chi connectivity index (χ0) is 72.8. The number of aromatic amines is 3. The molecule has 9 aromatic rings. The maximum absolute atomic E-state index is 17.1. The molecule has 516 valence electrons. The quantitative estimate of drug-likeness (QED) is 0.0586. The van der Waals surface area contributed by atoms with E-state index in [1.165, 1.54) is 24.3 Å². The Balaban J connectivity index is 1.28. The van der Waals surface area contributed by atoms with Crippen molar-refractivity contribution in [3.05, 3.63) is 315 Å². The summed E-state index contributed by atoms with van der Waals surface area (Å²) in [6.07, 6.45) is 6.42. The summed E-state index contributed by atoms with van der Waals surface area (Å²) in [7, 11) is -4.03. The van der Waals surface area contributed by atoms with Gasteiger partial charge in [-0.2, -0.15) is 0 Å². The molecule has 0 saturated carbocycles. The minimum Gasteiger partial charge on any atom is -0.357 e. The second-order valence-electron chi connectivity index (χ2n) is 25.8. The summed E-state index contributed by atoms with van der Waals surface area (Å²) in [5.74, 6) is -50.1. The van der Waals surface area contributed by atoms with E-state index in [0.717, 1.165) is 48.6 Å². The first-order valence-corrected chi connectivity index (χ1v) is 33.4. The summed E-state index contributed by atoms with van der Waals surface area (Å²) >= 11 is 0. The molecule has 3 aromatic heterocycles. The Labute approximate surface area is 563 Å². The number of nitrogens with one attached hydrogen (secondary N) is 3. The van der Waals surface area contributed by atoms with Crippen LogP contribution in [0.5, 0.6) is 0 Å². The molecule has 15 rings (SSSR count). The Bertz CT molecular complexity index is 5740. The molecule has 0 radical (unpaired) electrons. The zero-order valence-electron chi connectivity index (χ0n) is 53.0. The summed E-state index contributed by atoms with van der Waals surface area (Å²) in [6, 6.07) is 16.5. The van der Waals surface area contributed by atoms with Crippen LogP contribution in [0, 0.1) is 116 Å². The molecule has 1 unspecified atom stereocenters. The van der Waals surface area contributed by atoms with Crippen molar-refractivity contribution in [3.63, 3.8) is 0 Å². The summed E-state index contributed by atoms with van der Waals surface area (Å²) in [5, 5.41) is 0.295. The van der Waals surface area contributed by atoms with E-state index in [1.807, 2.05) is 41.5 Å². The highest BCUT2D eigenvalue weighted by molar-refractivity contribution is 6.92. The topological polar surface area (TPSA) is 84.5 Å². The second-order valence-corrected chi connectivity index (χ2v) is 31.6. The van der Waals surface area contributed by atoms with Crippen LogP contribution in [0.25, 0.3) is 44.2 Å². The highest BCUT2D eigenvalue weighted by Crippen LogP contribution is 2.65. The predicted molar refractivity (Wildman–Crippen MR) is 343 cm³/mol. The lowest BCUT2D eigenvalue weighted by Gasteiger charge is -2.51. The standard InChI is InChI=1S/C75H42F20N6Si/c1-25(2)102(26(3)4,27(5)6)74-49-43-29-10-8-7-9-28(29)11-12-30(43)75(74)41-23-21-39(100-41)47(52-58(80)66(88)72(94)67(89)59(52)81)37-19-17-35(98-37)45(50-54(76)62(84)70(92)63(85)55(50)77)33-15-13-31(96-33)44(49)32-14-16-34(97-32)46(51-56(78)64(86)71(93)65(87)57(51)79)36-18-20-38(99-36)48(40-22-24-42(75)101-40)53-60(82)68(90)73(95)69(91)61(53)83/h7-27,96,99-100H,1-6H3/b44-31-,45-33+,46-34+,47-37+,48-40+. The number of aliphatic imine (C=N–C) groups is 3. The van der Waals surface area contributed by atoms with Gasteiger partial charge in [0, 0.05) is 61.3 Å². The van der Waals surface area contributed by atoms with Crippen molar-refractivity contribution in [3.8, 4) is 0 Å². The molecule has 27 heteroatoms. The number of rotatable bonds is 8. The molecule has 5 aliphatic heterocycles. The molecular weight excluding hydrogens is 1390 g/mol. The molecule has 0 saturated heterocycles. The number of H-pyrrole nitrogens is 3. The Hall–Kier alpha value is -10.8. The van der Waals surface area contributed by atoms with Gasteiger partial charge in [-0.05, 0) is 122 Å². The Morgan fingerprint density at radius 1 is 0.314 bits per heavy atom. The van der Waals surface area contributed by atoms with E-state index in [1.54, 1.807) is 36.4 Å². The number of halogens is 20. The number of nitrogens with zero attached hydrogens (tertiary/aromatic N) is 3. The predicted octanol–water partition coefficient (Wildman–Crippen LogP) is 19.0. The smallest absolute Gasteiger partial charge is 0.200 e. The van der Waals surface area contributed by atoms with Gasteiger partial charge in [0.2, 0.25) is 23.3 Å². The molecule has 8 heterocycles. The molecule has 0 spiro atoms. The van der Waals surface area contributed by atoms with Crippen molar-refractivity contribution < 1.29 is 87.8 Å². The molecule has 6 aliphatic rings. The minimum absolute atomic E-state index is 0.103. The third-order valence-corrected chi connectivity index (χ3v) is 27.2. The second kappa shape index (κ2) is 23.4. The van der Waals surface area contributed by atoms with Gasteiger partial charge in [-0.15, -0.1) is 0 Å². The molecule has 0 fully saturated rings. The molecule has 0 amide bonds. The Morgan fingerprint density at radius 3 is 1.12 bits per heavy atom. The molecule has 102 heavy (non-hydrogen) atoms. The summed E-state index contributed by atoms with van der Waals surface area (Å²) in [5.41, 5.74) is -20.0. The molecule has 1 aliphatic carbocycles. The number of benzene rings is 6. The maximum atomic E-state index is 17.1. The Morgan fingerprint density at radius 2 is 0.676 bits per heavy atom. The van der Waals surface area contributed by atoms with Gasteiger partial charge in [0.1, 0.15) is 0 Å². The maximum Gasteiger partial charge on any atom is 0.200 e. The SMILES string of the molecule is CC(C)[Si](C1=C2/C3=c4/cc/c([nH]4)=C(\c4c(F)c(F)c(F)c(F)c4F)C4=N/C(=C(/c5c(F)c(F)c(F)c(F)c5F)c5ccc([nH]5)C1(C1=N/C(=C(/c5c(F)c(F)c(F)c(F)c5F)c5ccc([nH]5)/C(c5c(F)c(F)c(F)c(F)c5F)=C5/C=CC3=N5)C=C1)c1ccc3ccccc3c12)C=C4)(C(C)C)C(C)C. The third kappa shape index (κ3) is 8.89. The Kier molecular flexibility index (Phi) is 15.4. The van der Waals surface area contributed by atoms with Crippen molar-refractivity contribution in [2.75, 3.05) is 0 Å². The van der Waals surface area contributed by atoms with Crippen molar-refractivity contribution in [1.29, 1.82) is 0 Å². The van der Waals surface area contributed by atoms with Crippen LogP contribution in [-0.2, 0) is 5.41 Å². The first-order valence-electron chi connectivity index (χ1n) is 31.2. The highest BCUT2D eigenvalue weighted by atomic mass is 28.3. The molecule has 6 aromatic carbocycles. The number of aromatic nitrogens is 3. The lowest BCUT2D eigenvalue weighted by Crippen LogP contribution is -2.55. The largest absolute Gasteiger partial charge is 0.357 e. The van der Waals surface area contributed by atoms with Gasteiger partial charge in [-0.25, -0.2) is 97.8 Å². The van der Waals surface area contributed by atoms with Crippen molar-refractivity contribution in [2.45, 2.75) is 63.6 Å². The molecule has 15 bridgehead atoms. The van der Waals surface area contributed by atoms with Crippen molar-refractivity contribution in [1.82, 2.24) is 15.0 Å². The van der Waals surface area contributed by atoms with E-state index in [0.29, 0.717) is 16.0 Å². The number of allylic oxidation sites excluding steroid dienone is 8. The molecular formula is C75H42F20N6Si. The summed E-state index contributed by atoms with van der Waals surface area (Å²) in [4.78, 5) is 23.5. The lowest BCUT2D eigenvalue weighted by atomic mass is 9.74. The van der Waals surface area contributed by atoms with Crippen molar-refractivity contribution in [2.24, 2.45) is 15.0 Å². The van der Waals surface area contributed by atoms with E-state index in [4.69, 9.17) is 9.98 Å². The van der Waals surface area contributed by atoms with Crippen molar-refractivity contribution >= 4 is 69.4 Å². The first kappa shape index (κ1) is 67.0. The zero-order valence-corrected chi connectivity index (χ0v) is 54.0. The van der Waals surface area contributed by atoms with E-state index >= 15 is 87.8 Å². The van der Waals surface area contributed by atoms with Gasteiger partial charge in [-0.3, -0.25) is 4.99 Å². The molecule has 1 atom stereocenters. The normalized spacial score (nSPS) is 20.3. The van der Waals surface area contributed by atoms with Gasteiger partial charge in [0.25, 0.3) is 0 Å². The van der Waals surface area contributed by atoms with Gasteiger partial charge in [0.15, 0.2) is 93.1 Å². The van der Waals surface area contributed by atoms with Crippen LogP contribution < -0.4 is 10.7 Å². The van der Waals surface area contributed by atoms with Crippen LogP contribution >= 0.6 is 0 Å². The summed E-state index contributed by atoms with van der Waals surface area (Å²) < 4.78 is 325. The van der Waals surface area contributed by atoms with Crippen LogP contribution in [0.1, 0.15) is 97.7 Å². The van der Waals surface area contributed by atoms with Crippen LogP contribution in [0.3, 0.4) is 0 Å². The average molecular weight is 1440 g/mol. The molecule has 6 nitrogen and oxygen atoms in total. The van der Waals surface area contributed by atoms with E-state index < -0.39 is 236 Å². The first-order chi connectivity index (χ1) is 48.4. The van der Waals surface area contributed by atoms with Crippen LogP contribution in [0.2, 0.25) is 16.6 Å².